The number of hydrogen-bond acceptors (Lipinski definition) is 6. The molecule has 8 nitrogen and oxygen atoms in total. The van der Waals surface area contributed by atoms with Crippen LogP contribution in [0.3, 0.4) is 0 Å². The first-order valence-corrected chi connectivity index (χ1v) is 6.65. The van der Waals surface area contributed by atoms with Gasteiger partial charge in [0.25, 0.3) is 0 Å². The van der Waals surface area contributed by atoms with Crippen LogP contribution in [0.1, 0.15) is 11.3 Å². The fraction of sp³-hybridized carbons (Fsp3) is 0.100. The molecule has 0 amide bonds. The van der Waals surface area contributed by atoms with Crippen LogP contribution in [0.25, 0.3) is 0 Å². The number of aromatic amines is 1. The normalized spacial score (nSPS) is 11.1. The molecular weight excluding hydrogens is 268 g/mol. The van der Waals surface area contributed by atoms with E-state index >= 15 is 0 Å². The summed E-state index contributed by atoms with van der Waals surface area (Å²) in [5.74, 6) is 0.306. The van der Waals surface area contributed by atoms with E-state index in [4.69, 9.17) is 11.0 Å². The average molecular weight is 278 g/mol. The molecule has 2 heterocycles. The highest BCUT2D eigenvalue weighted by atomic mass is 32.2. The van der Waals surface area contributed by atoms with Crippen LogP contribution in [0.2, 0.25) is 0 Å². The highest BCUT2D eigenvalue weighted by molar-refractivity contribution is 7.89. The molecule has 4 N–H and O–H groups in total. The van der Waals surface area contributed by atoms with E-state index in [-0.39, 0.29) is 17.1 Å². The van der Waals surface area contributed by atoms with Crippen LogP contribution < -0.4 is 10.5 Å². The smallest absolute Gasteiger partial charge is 0.242 e. The number of nitrogen functional groups attached to an aromatic ring is 1. The summed E-state index contributed by atoms with van der Waals surface area (Å²) >= 11 is 0. The molecule has 0 aliphatic rings. The average Bonchev–Trinajstić information content (AvgIpc) is 2.82. The monoisotopic (exact) mass is 278 g/mol. The van der Waals surface area contributed by atoms with E-state index in [9.17, 15) is 8.42 Å². The number of aromatic nitrogens is 3. The van der Waals surface area contributed by atoms with E-state index in [0.29, 0.717) is 11.4 Å². The van der Waals surface area contributed by atoms with Gasteiger partial charge in [-0.05, 0) is 12.1 Å². The molecule has 0 fully saturated rings. The van der Waals surface area contributed by atoms with Crippen LogP contribution in [0.15, 0.2) is 29.4 Å². The third-order valence-electron chi connectivity index (χ3n) is 2.37. The van der Waals surface area contributed by atoms with E-state index in [1.54, 1.807) is 0 Å². The minimum Gasteiger partial charge on any atom is -0.384 e. The second-order valence-electron chi connectivity index (χ2n) is 3.62. The molecule has 0 aromatic carbocycles. The van der Waals surface area contributed by atoms with Gasteiger partial charge in [-0.2, -0.15) is 10.4 Å². The third-order valence-corrected chi connectivity index (χ3v) is 3.75. The first-order chi connectivity index (χ1) is 9.03. The van der Waals surface area contributed by atoms with Crippen molar-refractivity contribution >= 4 is 15.8 Å². The number of nitrogens with two attached hydrogens (primary N) is 1. The van der Waals surface area contributed by atoms with Crippen molar-refractivity contribution < 1.29 is 8.42 Å². The SMILES string of the molecule is N#Cc1ccc(S(=O)(=O)NCc2cn[nH]c2N)cn1. The van der Waals surface area contributed by atoms with Gasteiger partial charge in [0.1, 0.15) is 22.5 Å². The largest absolute Gasteiger partial charge is 0.384 e. The van der Waals surface area contributed by atoms with Gasteiger partial charge in [-0.3, -0.25) is 5.10 Å². The second-order valence-corrected chi connectivity index (χ2v) is 5.39. The van der Waals surface area contributed by atoms with Gasteiger partial charge in [0.05, 0.1) is 6.20 Å². The lowest BCUT2D eigenvalue weighted by Gasteiger charge is -2.05. The Kier molecular flexibility index (Phi) is 3.46. The summed E-state index contributed by atoms with van der Waals surface area (Å²) in [6, 6.07) is 4.46. The van der Waals surface area contributed by atoms with E-state index in [1.807, 2.05) is 6.07 Å². The summed E-state index contributed by atoms with van der Waals surface area (Å²) in [4.78, 5) is 3.68. The van der Waals surface area contributed by atoms with Crippen LogP contribution in [-0.4, -0.2) is 23.6 Å². The van der Waals surface area contributed by atoms with Gasteiger partial charge < -0.3 is 5.73 Å². The molecule has 2 aromatic heterocycles. The minimum atomic E-state index is -3.70. The van der Waals surface area contributed by atoms with Crippen molar-refractivity contribution in [3.63, 3.8) is 0 Å². The van der Waals surface area contributed by atoms with E-state index < -0.39 is 10.0 Å². The summed E-state index contributed by atoms with van der Waals surface area (Å²) in [6.07, 6.45) is 2.56. The molecule has 98 valence electrons. The zero-order valence-corrected chi connectivity index (χ0v) is 10.5. The Balaban J connectivity index is 2.14. The summed E-state index contributed by atoms with van der Waals surface area (Å²) in [5.41, 5.74) is 6.24. The Morgan fingerprint density at radius 3 is 2.74 bits per heavy atom. The number of sulfonamides is 1. The number of anilines is 1. The van der Waals surface area contributed by atoms with Crippen molar-refractivity contribution in [3.05, 3.63) is 35.8 Å². The topological polar surface area (TPSA) is 138 Å². The predicted molar refractivity (Wildman–Crippen MR) is 66.0 cm³/mol. The second kappa shape index (κ2) is 5.05. The Morgan fingerprint density at radius 2 is 2.21 bits per heavy atom. The van der Waals surface area contributed by atoms with Crippen molar-refractivity contribution in [1.29, 1.82) is 5.26 Å². The summed E-state index contributed by atoms with van der Waals surface area (Å²) in [6.45, 7) is 0.0185. The van der Waals surface area contributed by atoms with E-state index in [1.165, 1.54) is 18.3 Å². The summed E-state index contributed by atoms with van der Waals surface area (Å²) in [5, 5.41) is 14.8. The zero-order valence-electron chi connectivity index (χ0n) is 9.66. The minimum absolute atomic E-state index is 0.0185. The highest BCUT2D eigenvalue weighted by Gasteiger charge is 2.15. The first kappa shape index (κ1) is 13.0. The fourth-order valence-electron chi connectivity index (χ4n) is 1.32. The van der Waals surface area contributed by atoms with Crippen LogP contribution in [0.4, 0.5) is 5.82 Å². The molecule has 0 aliphatic carbocycles. The molecule has 0 radical (unpaired) electrons. The van der Waals surface area contributed by atoms with Gasteiger partial charge in [-0.1, -0.05) is 0 Å². The van der Waals surface area contributed by atoms with Gasteiger partial charge >= 0.3 is 0 Å². The van der Waals surface area contributed by atoms with Gasteiger partial charge in [0.2, 0.25) is 10.0 Å². The Morgan fingerprint density at radius 1 is 1.42 bits per heavy atom. The molecule has 0 spiro atoms. The Hall–Kier alpha value is -2.44. The Bertz CT molecular complexity index is 713. The number of pyridine rings is 1. The molecule has 0 saturated heterocycles. The van der Waals surface area contributed by atoms with Crippen molar-refractivity contribution in [2.45, 2.75) is 11.4 Å². The first-order valence-electron chi connectivity index (χ1n) is 5.16. The number of nitrogens with one attached hydrogen (secondary N) is 2. The molecule has 0 saturated carbocycles. The fourth-order valence-corrected chi connectivity index (χ4v) is 2.27. The lowest BCUT2D eigenvalue weighted by Crippen LogP contribution is -2.23. The molecule has 9 heteroatoms. The maximum Gasteiger partial charge on any atom is 0.242 e. The number of H-pyrrole nitrogens is 1. The van der Waals surface area contributed by atoms with Crippen molar-refractivity contribution in [1.82, 2.24) is 19.9 Å². The van der Waals surface area contributed by atoms with Gasteiger partial charge in [0.15, 0.2) is 0 Å². The molecular formula is C10H10N6O2S. The van der Waals surface area contributed by atoms with Crippen molar-refractivity contribution in [3.8, 4) is 6.07 Å². The summed E-state index contributed by atoms with van der Waals surface area (Å²) < 4.78 is 26.2. The number of nitriles is 1. The van der Waals surface area contributed by atoms with Gasteiger partial charge in [-0.15, -0.1) is 0 Å². The summed E-state index contributed by atoms with van der Waals surface area (Å²) in [7, 11) is -3.70. The molecule has 0 aliphatic heterocycles. The molecule has 19 heavy (non-hydrogen) atoms. The zero-order chi connectivity index (χ0) is 13.9. The van der Waals surface area contributed by atoms with Crippen LogP contribution >= 0.6 is 0 Å². The van der Waals surface area contributed by atoms with Crippen LogP contribution in [0, 0.1) is 11.3 Å². The standard InChI is InChI=1S/C10H10N6O2S/c11-3-8-1-2-9(6-13-8)19(17,18)15-5-7-4-14-16-10(7)12/h1-2,4,6,15H,5H2,(H3,12,14,16). The quantitative estimate of drug-likeness (QED) is 0.704. The van der Waals surface area contributed by atoms with Crippen LogP contribution in [-0.2, 0) is 16.6 Å². The molecule has 2 rings (SSSR count). The lowest BCUT2D eigenvalue weighted by atomic mass is 10.3. The Labute approximate surface area is 109 Å². The highest BCUT2D eigenvalue weighted by Crippen LogP contribution is 2.10. The maximum atomic E-state index is 11.9. The number of hydrogen-bond donors (Lipinski definition) is 3. The van der Waals surface area contributed by atoms with Gasteiger partial charge in [0, 0.05) is 18.3 Å². The van der Waals surface area contributed by atoms with Crippen molar-refractivity contribution in [2.75, 3.05) is 5.73 Å². The van der Waals surface area contributed by atoms with Gasteiger partial charge in [-0.25, -0.2) is 18.1 Å². The molecule has 0 bridgehead atoms. The number of nitrogens with zero attached hydrogens (tertiary/aromatic N) is 3. The van der Waals surface area contributed by atoms with E-state index in [0.717, 1.165) is 6.20 Å². The molecule has 0 unspecified atom stereocenters. The predicted octanol–water partition coefficient (Wildman–Crippen LogP) is -0.263. The molecule has 0 atom stereocenters. The number of rotatable bonds is 4. The van der Waals surface area contributed by atoms with Crippen molar-refractivity contribution in [2.24, 2.45) is 0 Å². The molecule has 2 aromatic rings. The third kappa shape index (κ3) is 2.87. The lowest BCUT2D eigenvalue weighted by molar-refractivity contribution is 0.581. The maximum absolute atomic E-state index is 11.9. The van der Waals surface area contributed by atoms with E-state index in [2.05, 4.69) is 19.9 Å². The van der Waals surface area contributed by atoms with Crippen LogP contribution in [0.5, 0.6) is 0 Å².